The average molecular weight is 297 g/mol. The van der Waals surface area contributed by atoms with Crippen LogP contribution in [-0.2, 0) is 4.79 Å². The number of pyridine rings is 1. The van der Waals surface area contributed by atoms with E-state index in [9.17, 15) is 13.6 Å². The number of carbonyl (C=O) groups excluding carboxylic acids is 1. The van der Waals surface area contributed by atoms with Gasteiger partial charge in [0.1, 0.15) is 17.6 Å². The molecule has 1 aromatic rings. The van der Waals surface area contributed by atoms with Gasteiger partial charge in [-0.2, -0.15) is 8.78 Å². The Bertz CT molecular complexity index is 505. The fourth-order valence-electron chi connectivity index (χ4n) is 2.55. The number of amides is 1. The van der Waals surface area contributed by atoms with Crippen molar-refractivity contribution in [2.45, 2.75) is 44.4 Å². The van der Waals surface area contributed by atoms with Crippen LogP contribution < -0.4 is 15.0 Å². The first kappa shape index (κ1) is 14.0. The van der Waals surface area contributed by atoms with Crippen LogP contribution in [0.15, 0.2) is 18.3 Å². The van der Waals surface area contributed by atoms with Crippen molar-refractivity contribution in [2.75, 3.05) is 11.4 Å². The molecule has 0 spiro atoms. The summed E-state index contributed by atoms with van der Waals surface area (Å²) in [6, 6.07) is 3.16. The molecular weight excluding hydrogens is 280 g/mol. The molecule has 1 aliphatic heterocycles. The largest absolute Gasteiger partial charge is 0.433 e. The van der Waals surface area contributed by atoms with Gasteiger partial charge in [0, 0.05) is 12.6 Å². The van der Waals surface area contributed by atoms with Crippen LogP contribution in [0.3, 0.4) is 0 Å². The maximum absolute atomic E-state index is 12.2. The number of carbonyl (C=O) groups is 1. The van der Waals surface area contributed by atoms with Crippen molar-refractivity contribution in [3.63, 3.8) is 0 Å². The second-order valence-electron chi connectivity index (χ2n) is 5.36. The monoisotopic (exact) mass is 297 g/mol. The first-order chi connectivity index (χ1) is 10.1. The molecule has 2 aliphatic rings. The van der Waals surface area contributed by atoms with Crippen molar-refractivity contribution in [1.29, 1.82) is 0 Å². The molecule has 0 unspecified atom stereocenters. The van der Waals surface area contributed by atoms with Crippen LogP contribution in [0.4, 0.5) is 14.6 Å². The van der Waals surface area contributed by atoms with Gasteiger partial charge in [0.05, 0.1) is 6.20 Å². The number of nitrogens with zero attached hydrogens (tertiary/aromatic N) is 2. The highest BCUT2D eigenvalue weighted by atomic mass is 19.3. The van der Waals surface area contributed by atoms with Gasteiger partial charge < -0.3 is 15.0 Å². The summed E-state index contributed by atoms with van der Waals surface area (Å²) >= 11 is 0. The molecule has 0 aromatic carbocycles. The molecule has 1 atom stereocenters. The molecule has 2 fully saturated rings. The Morgan fingerprint density at radius 3 is 2.81 bits per heavy atom. The van der Waals surface area contributed by atoms with E-state index in [1.807, 2.05) is 4.90 Å². The van der Waals surface area contributed by atoms with Crippen molar-refractivity contribution in [1.82, 2.24) is 10.3 Å². The highest BCUT2D eigenvalue weighted by Crippen LogP contribution is 2.27. The van der Waals surface area contributed by atoms with E-state index in [1.54, 1.807) is 6.07 Å². The van der Waals surface area contributed by atoms with E-state index in [4.69, 9.17) is 0 Å². The predicted octanol–water partition coefficient (Wildman–Crippen LogP) is 1.93. The quantitative estimate of drug-likeness (QED) is 0.902. The number of alkyl halides is 2. The van der Waals surface area contributed by atoms with Gasteiger partial charge >= 0.3 is 6.61 Å². The smallest absolute Gasteiger partial charge is 0.387 e. The summed E-state index contributed by atoms with van der Waals surface area (Å²) in [4.78, 5) is 18.2. The van der Waals surface area contributed by atoms with Crippen LogP contribution in [-0.4, -0.2) is 36.1 Å². The maximum atomic E-state index is 12.2. The van der Waals surface area contributed by atoms with Crippen LogP contribution in [0.1, 0.15) is 25.7 Å². The van der Waals surface area contributed by atoms with Gasteiger partial charge in [0.15, 0.2) is 0 Å². The summed E-state index contributed by atoms with van der Waals surface area (Å²) in [6.45, 7) is -2.12. The number of hydrogen-bond acceptors (Lipinski definition) is 4. The van der Waals surface area contributed by atoms with Crippen LogP contribution in [0.5, 0.6) is 5.75 Å². The second kappa shape index (κ2) is 5.83. The molecule has 1 amide bonds. The van der Waals surface area contributed by atoms with E-state index in [1.165, 1.54) is 12.3 Å². The number of nitrogens with one attached hydrogen (secondary N) is 1. The lowest BCUT2D eigenvalue weighted by atomic mass is 10.2. The number of aromatic nitrogens is 1. The molecule has 2 heterocycles. The maximum Gasteiger partial charge on any atom is 0.387 e. The predicted molar refractivity (Wildman–Crippen MR) is 72.4 cm³/mol. The summed E-state index contributed by atoms with van der Waals surface area (Å²) in [5, 5.41) is 3.00. The highest BCUT2D eigenvalue weighted by Gasteiger charge is 2.34. The van der Waals surface area contributed by atoms with E-state index in [0.29, 0.717) is 11.9 Å². The fraction of sp³-hybridized carbons (Fsp3) is 0.571. The molecule has 21 heavy (non-hydrogen) atoms. The van der Waals surface area contributed by atoms with E-state index in [0.717, 1.165) is 32.2 Å². The fourth-order valence-corrected chi connectivity index (χ4v) is 2.55. The zero-order chi connectivity index (χ0) is 14.8. The van der Waals surface area contributed by atoms with Gasteiger partial charge in [-0.1, -0.05) is 0 Å². The minimum atomic E-state index is -2.86. The van der Waals surface area contributed by atoms with Gasteiger partial charge in [0.25, 0.3) is 0 Å². The molecule has 5 nitrogen and oxygen atoms in total. The molecule has 7 heteroatoms. The Hall–Kier alpha value is -1.92. The van der Waals surface area contributed by atoms with E-state index in [-0.39, 0.29) is 17.7 Å². The Morgan fingerprint density at radius 1 is 1.38 bits per heavy atom. The summed E-state index contributed by atoms with van der Waals surface area (Å²) in [5.41, 5.74) is 0. The lowest BCUT2D eigenvalue weighted by molar-refractivity contribution is -0.122. The van der Waals surface area contributed by atoms with Crippen LogP contribution in [0.25, 0.3) is 0 Å². The molecule has 3 rings (SSSR count). The van der Waals surface area contributed by atoms with Gasteiger partial charge in [-0.05, 0) is 37.8 Å². The summed E-state index contributed by atoms with van der Waals surface area (Å²) in [6.07, 6.45) is 5.07. The lowest BCUT2D eigenvalue weighted by Gasteiger charge is -2.25. The van der Waals surface area contributed by atoms with Gasteiger partial charge in [-0.25, -0.2) is 4.98 Å². The van der Waals surface area contributed by atoms with Crippen molar-refractivity contribution in [3.05, 3.63) is 18.3 Å². The van der Waals surface area contributed by atoms with Gasteiger partial charge in [-0.15, -0.1) is 0 Å². The van der Waals surface area contributed by atoms with Crippen LogP contribution in [0.2, 0.25) is 0 Å². The molecular formula is C14H17F2N3O2. The zero-order valence-corrected chi connectivity index (χ0v) is 11.5. The standard InChI is InChI=1S/C14H17F2N3O2/c15-14(16)21-10-5-6-12(17-8-10)19-7-1-2-11(19)13(20)18-9-3-4-9/h5-6,8-9,11,14H,1-4,7H2,(H,18,20)/t11-/m1/s1. The Kier molecular flexibility index (Phi) is 3.90. The molecule has 0 radical (unpaired) electrons. The van der Waals surface area contributed by atoms with E-state index in [2.05, 4.69) is 15.0 Å². The third-order valence-corrected chi connectivity index (χ3v) is 3.72. The molecule has 0 bridgehead atoms. The highest BCUT2D eigenvalue weighted by molar-refractivity contribution is 5.86. The second-order valence-corrected chi connectivity index (χ2v) is 5.36. The topological polar surface area (TPSA) is 54.5 Å². The first-order valence-corrected chi connectivity index (χ1v) is 7.11. The van der Waals surface area contributed by atoms with Gasteiger partial charge in [0.2, 0.25) is 5.91 Å². The van der Waals surface area contributed by atoms with E-state index < -0.39 is 6.61 Å². The number of anilines is 1. The normalized spacial score (nSPS) is 21.7. The summed E-state index contributed by atoms with van der Waals surface area (Å²) < 4.78 is 28.5. The average Bonchev–Trinajstić information content (AvgIpc) is 3.12. The van der Waals surface area contributed by atoms with Crippen molar-refractivity contribution < 1.29 is 18.3 Å². The van der Waals surface area contributed by atoms with E-state index >= 15 is 0 Å². The Balaban J connectivity index is 1.67. The minimum absolute atomic E-state index is 0.0203. The number of ether oxygens (including phenoxy) is 1. The first-order valence-electron chi connectivity index (χ1n) is 7.11. The Morgan fingerprint density at radius 2 is 2.19 bits per heavy atom. The molecule has 1 N–H and O–H groups in total. The van der Waals surface area contributed by atoms with Crippen LogP contribution >= 0.6 is 0 Å². The molecule has 1 saturated carbocycles. The molecule has 1 aromatic heterocycles. The number of rotatable bonds is 5. The Labute approximate surface area is 121 Å². The van der Waals surface area contributed by atoms with Crippen molar-refractivity contribution in [3.8, 4) is 5.75 Å². The number of hydrogen-bond donors (Lipinski definition) is 1. The molecule has 114 valence electrons. The molecule has 1 aliphatic carbocycles. The summed E-state index contributed by atoms with van der Waals surface area (Å²) in [7, 11) is 0. The minimum Gasteiger partial charge on any atom is -0.433 e. The third-order valence-electron chi connectivity index (χ3n) is 3.72. The zero-order valence-electron chi connectivity index (χ0n) is 11.5. The van der Waals surface area contributed by atoms with Crippen molar-refractivity contribution >= 4 is 11.7 Å². The third kappa shape index (κ3) is 3.40. The number of halogens is 2. The SMILES string of the molecule is O=C(NC1CC1)[C@H]1CCCN1c1ccc(OC(F)F)cn1. The summed E-state index contributed by atoms with van der Waals surface area (Å²) in [5.74, 6) is 0.668. The van der Waals surface area contributed by atoms with Gasteiger partial charge in [-0.3, -0.25) is 4.79 Å². The molecule has 1 saturated heterocycles. The lowest BCUT2D eigenvalue weighted by Crippen LogP contribution is -2.44. The van der Waals surface area contributed by atoms with Crippen molar-refractivity contribution in [2.24, 2.45) is 0 Å². The van der Waals surface area contributed by atoms with Crippen LogP contribution in [0, 0.1) is 0 Å².